The van der Waals surface area contributed by atoms with Crippen molar-refractivity contribution in [3.8, 4) is 0 Å². The van der Waals surface area contributed by atoms with Crippen LogP contribution in [0.15, 0.2) is 0 Å². The highest BCUT2D eigenvalue weighted by Gasteiger charge is 2.13. The summed E-state index contributed by atoms with van der Waals surface area (Å²) in [4.78, 5) is 14.6. The molecule has 1 rings (SSSR count). The van der Waals surface area contributed by atoms with Crippen LogP contribution in [0, 0.1) is 5.92 Å². The highest BCUT2D eigenvalue weighted by atomic mass is 35.5. The lowest BCUT2D eigenvalue weighted by Crippen LogP contribution is -2.30. The highest BCUT2D eigenvalue weighted by molar-refractivity contribution is 6.28. The molecule has 5 nitrogen and oxygen atoms in total. The first-order valence-corrected chi connectivity index (χ1v) is 6.32. The van der Waals surface area contributed by atoms with Gasteiger partial charge in [-0.2, -0.15) is 15.0 Å². The summed E-state index contributed by atoms with van der Waals surface area (Å²) in [5.41, 5.74) is 0. The summed E-state index contributed by atoms with van der Waals surface area (Å²) in [5.74, 6) is 1.74. The van der Waals surface area contributed by atoms with E-state index in [9.17, 15) is 0 Å². The van der Waals surface area contributed by atoms with Gasteiger partial charge in [-0.1, -0.05) is 20.3 Å². The maximum atomic E-state index is 5.87. The van der Waals surface area contributed by atoms with Gasteiger partial charge in [0.15, 0.2) is 0 Å². The average molecular weight is 258 g/mol. The molecule has 0 saturated carbocycles. The maximum absolute atomic E-state index is 5.87. The Kier molecular flexibility index (Phi) is 5.41. The number of rotatable bonds is 6. The van der Waals surface area contributed by atoms with Crippen molar-refractivity contribution in [1.29, 1.82) is 0 Å². The fourth-order valence-corrected chi connectivity index (χ4v) is 1.61. The Morgan fingerprint density at radius 1 is 1.29 bits per heavy atom. The van der Waals surface area contributed by atoms with Crippen LogP contribution in [0.5, 0.6) is 0 Å². The second-order valence-electron chi connectivity index (χ2n) is 4.03. The zero-order valence-electron chi connectivity index (χ0n) is 10.9. The number of hydrogen-bond donors (Lipinski definition) is 1. The fraction of sp³-hybridized carbons (Fsp3) is 0.727. The fourth-order valence-electron chi connectivity index (χ4n) is 1.45. The molecule has 6 heteroatoms. The van der Waals surface area contributed by atoms with Gasteiger partial charge in [0.25, 0.3) is 0 Å². The summed E-state index contributed by atoms with van der Waals surface area (Å²) < 4.78 is 0. The molecule has 0 saturated heterocycles. The van der Waals surface area contributed by atoms with Crippen LogP contribution < -0.4 is 10.2 Å². The molecule has 17 heavy (non-hydrogen) atoms. The third-order valence-electron chi connectivity index (χ3n) is 2.71. The first-order chi connectivity index (χ1) is 8.10. The number of nitrogens with zero attached hydrogens (tertiary/aromatic N) is 4. The summed E-state index contributed by atoms with van der Waals surface area (Å²) in [6.07, 6.45) is 1.13. The molecular formula is C11H20ClN5. The SMILES string of the molecule is CCC(C)CN(CC)c1nc(Cl)nc(NC)n1. The molecule has 0 amide bonds. The molecule has 1 atom stereocenters. The molecule has 0 aromatic carbocycles. The first-order valence-electron chi connectivity index (χ1n) is 5.94. The van der Waals surface area contributed by atoms with Crippen LogP contribution in [-0.2, 0) is 0 Å². The molecule has 0 aliphatic heterocycles. The second-order valence-corrected chi connectivity index (χ2v) is 4.37. The van der Waals surface area contributed by atoms with E-state index in [1.165, 1.54) is 0 Å². The Hall–Kier alpha value is -1.10. The first kappa shape index (κ1) is 14.0. The Bertz CT molecular complexity index is 358. The lowest BCUT2D eigenvalue weighted by Gasteiger charge is -2.24. The van der Waals surface area contributed by atoms with Crippen molar-refractivity contribution in [2.24, 2.45) is 5.92 Å². The minimum atomic E-state index is 0.224. The molecule has 0 radical (unpaired) electrons. The van der Waals surface area contributed by atoms with E-state index in [0.29, 0.717) is 17.8 Å². The van der Waals surface area contributed by atoms with E-state index in [2.05, 4.69) is 45.9 Å². The molecule has 1 heterocycles. The molecule has 1 N–H and O–H groups in total. The smallest absolute Gasteiger partial charge is 0.231 e. The van der Waals surface area contributed by atoms with Crippen molar-refractivity contribution in [3.63, 3.8) is 0 Å². The number of anilines is 2. The van der Waals surface area contributed by atoms with E-state index in [-0.39, 0.29) is 5.28 Å². The van der Waals surface area contributed by atoms with Crippen molar-refractivity contribution in [2.45, 2.75) is 27.2 Å². The van der Waals surface area contributed by atoms with Crippen LogP contribution in [-0.4, -0.2) is 35.1 Å². The highest BCUT2D eigenvalue weighted by Crippen LogP contribution is 2.15. The second kappa shape index (κ2) is 6.59. The predicted molar refractivity (Wildman–Crippen MR) is 71.7 cm³/mol. The average Bonchev–Trinajstić information content (AvgIpc) is 2.34. The van der Waals surface area contributed by atoms with Crippen molar-refractivity contribution in [1.82, 2.24) is 15.0 Å². The van der Waals surface area contributed by atoms with E-state index in [1.807, 2.05) is 0 Å². The zero-order valence-corrected chi connectivity index (χ0v) is 11.6. The van der Waals surface area contributed by atoms with Crippen LogP contribution in [0.3, 0.4) is 0 Å². The Labute approximate surface area is 108 Å². The van der Waals surface area contributed by atoms with E-state index >= 15 is 0 Å². The summed E-state index contributed by atoms with van der Waals surface area (Å²) in [6, 6.07) is 0. The van der Waals surface area contributed by atoms with Gasteiger partial charge < -0.3 is 10.2 Å². The topological polar surface area (TPSA) is 53.9 Å². The Morgan fingerprint density at radius 2 is 2.00 bits per heavy atom. The van der Waals surface area contributed by atoms with Crippen molar-refractivity contribution < 1.29 is 0 Å². The monoisotopic (exact) mass is 257 g/mol. The molecule has 0 aliphatic carbocycles. The van der Waals surface area contributed by atoms with Gasteiger partial charge in [-0.05, 0) is 24.4 Å². The van der Waals surface area contributed by atoms with Crippen LogP contribution in [0.1, 0.15) is 27.2 Å². The Morgan fingerprint density at radius 3 is 2.53 bits per heavy atom. The molecule has 0 spiro atoms. The molecule has 1 aromatic rings. The van der Waals surface area contributed by atoms with E-state index < -0.39 is 0 Å². The minimum Gasteiger partial charge on any atom is -0.357 e. The van der Waals surface area contributed by atoms with Crippen molar-refractivity contribution >= 4 is 23.5 Å². The van der Waals surface area contributed by atoms with E-state index in [4.69, 9.17) is 11.6 Å². The number of halogens is 1. The third-order valence-corrected chi connectivity index (χ3v) is 2.88. The molecule has 0 fully saturated rings. The van der Waals surface area contributed by atoms with E-state index in [0.717, 1.165) is 19.5 Å². The summed E-state index contributed by atoms with van der Waals surface area (Å²) >= 11 is 5.87. The summed E-state index contributed by atoms with van der Waals surface area (Å²) in [5, 5.41) is 3.11. The molecule has 0 bridgehead atoms. The zero-order chi connectivity index (χ0) is 12.8. The number of hydrogen-bond acceptors (Lipinski definition) is 5. The number of aromatic nitrogens is 3. The molecule has 96 valence electrons. The quantitative estimate of drug-likeness (QED) is 0.848. The minimum absolute atomic E-state index is 0.224. The van der Waals surface area contributed by atoms with Gasteiger partial charge in [0.2, 0.25) is 17.2 Å². The van der Waals surface area contributed by atoms with Gasteiger partial charge in [0, 0.05) is 20.1 Å². The lowest BCUT2D eigenvalue weighted by molar-refractivity contribution is 0.542. The van der Waals surface area contributed by atoms with Crippen molar-refractivity contribution in [3.05, 3.63) is 5.28 Å². The summed E-state index contributed by atoms with van der Waals surface area (Å²) in [7, 11) is 1.76. The van der Waals surface area contributed by atoms with Crippen molar-refractivity contribution in [2.75, 3.05) is 30.4 Å². The van der Waals surface area contributed by atoms with Gasteiger partial charge in [-0.25, -0.2) is 0 Å². The van der Waals surface area contributed by atoms with Gasteiger partial charge in [-0.15, -0.1) is 0 Å². The number of nitrogens with one attached hydrogen (secondary N) is 1. The molecule has 1 aromatic heterocycles. The normalized spacial score (nSPS) is 12.3. The Balaban J connectivity index is 2.90. The van der Waals surface area contributed by atoms with Crippen LogP contribution in [0.4, 0.5) is 11.9 Å². The van der Waals surface area contributed by atoms with E-state index in [1.54, 1.807) is 7.05 Å². The van der Waals surface area contributed by atoms with Gasteiger partial charge >= 0.3 is 0 Å². The van der Waals surface area contributed by atoms with Gasteiger partial charge in [0.1, 0.15) is 0 Å². The molecule has 1 unspecified atom stereocenters. The standard InChI is InChI=1S/C11H20ClN5/c1-5-8(3)7-17(6-2)11-15-9(12)14-10(13-4)16-11/h8H,5-7H2,1-4H3,(H,13,14,15,16). The van der Waals surface area contributed by atoms with Gasteiger partial charge in [-0.3, -0.25) is 0 Å². The molecule has 0 aliphatic rings. The molecular weight excluding hydrogens is 238 g/mol. The predicted octanol–water partition coefficient (Wildman–Crippen LogP) is 2.44. The van der Waals surface area contributed by atoms with Crippen LogP contribution in [0.2, 0.25) is 5.28 Å². The lowest BCUT2D eigenvalue weighted by atomic mass is 10.1. The van der Waals surface area contributed by atoms with Gasteiger partial charge in [0.05, 0.1) is 0 Å². The summed E-state index contributed by atoms with van der Waals surface area (Å²) in [6.45, 7) is 8.26. The third kappa shape index (κ3) is 4.00. The van der Waals surface area contributed by atoms with Crippen LogP contribution >= 0.6 is 11.6 Å². The van der Waals surface area contributed by atoms with Crippen LogP contribution in [0.25, 0.3) is 0 Å². The largest absolute Gasteiger partial charge is 0.357 e. The maximum Gasteiger partial charge on any atom is 0.231 e.